The van der Waals surface area contributed by atoms with E-state index in [0.29, 0.717) is 12.2 Å². The van der Waals surface area contributed by atoms with Gasteiger partial charge in [0.1, 0.15) is 0 Å². The molecule has 5 rings (SSSR count). The van der Waals surface area contributed by atoms with E-state index in [-0.39, 0.29) is 5.56 Å². The van der Waals surface area contributed by atoms with E-state index in [1.807, 2.05) is 55.7 Å². The molecule has 0 saturated heterocycles. The van der Waals surface area contributed by atoms with Gasteiger partial charge in [0.15, 0.2) is 5.52 Å². The van der Waals surface area contributed by atoms with Gasteiger partial charge >= 0.3 is 0 Å². The van der Waals surface area contributed by atoms with E-state index < -0.39 is 0 Å². The molecule has 0 atom stereocenters. The van der Waals surface area contributed by atoms with E-state index in [9.17, 15) is 4.79 Å². The molecule has 0 amide bonds. The highest BCUT2D eigenvalue weighted by atomic mass is 16.1. The molecular weight excluding hydrogens is 374 g/mol. The first-order valence-corrected chi connectivity index (χ1v) is 9.84. The zero-order chi connectivity index (χ0) is 20.5. The van der Waals surface area contributed by atoms with Crippen LogP contribution in [0, 0.1) is 0 Å². The van der Waals surface area contributed by atoms with Crippen LogP contribution in [0.1, 0.15) is 5.56 Å². The summed E-state index contributed by atoms with van der Waals surface area (Å²) in [4.78, 5) is 15.0. The number of rotatable bonds is 5. The van der Waals surface area contributed by atoms with Crippen molar-refractivity contribution in [2.75, 3.05) is 7.05 Å². The first-order valence-electron chi connectivity index (χ1n) is 9.84. The molecule has 0 bridgehead atoms. The van der Waals surface area contributed by atoms with Crippen molar-refractivity contribution in [3.05, 3.63) is 101 Å². The molecule has 0 unspecified atom stereocenters. The minimum atomic E-state index is -0.187. The standard InChI is InChI=1S/C24H21N5O/c1-27(15-18-11-12-19-7-5-6-8-20(19)13-18)17-29-24(30)23-21(14-25-29)16-28(26-23)22-9-3-2-4-10-22/h2-14,16H,15,17H2,1H3. The second kappa shape index (κ2) is 7.57. The topological polar surface area (TPSA) is 56.0 Å². The van der Waals surface area contributed by atoms with Gasteiger partial charge in [-0.15, -0.1) is 0 Å². The lowest BCUT2D eigenvalue weighted by molar-refractivity contribution is 0.241. The van der Waals surface area contributed by atoms with E-state index in [0.717, 1.165) is 17.6 Å². The summed E-state index contributed by atoms with van der Waals surface area (Å²) >= 11 is 0. The molecule has 0 aliphatic rings. The lowest BCUT2D eigenvalue weighted by Gasteiger charge is -2.17. The Morgan fingerprint density at radius 1 is 0.900 bits per heavy atom. The average molecular weight is 395 g/mol. The zero-order valence-electron chi connectivity index (χ0n) is 16.6. The highest BCUT2D eigenvalue weighted by molar-refractivity contribution is 5.83. The smallest absolute Gasteiger partial charge is 0.283 e. The van der Waals surface area contributed by atoms with Gasteiger partial charge in [-0.25, -0.2) is 9.36 Å². The maximum atomic E-state index is 12.9. The Labute approximate surface area is 173 Å². The predicted octanol–water partition coefficient (Wildman–Crippen LogP) is 3.82. The van der Waals surface area contributed by atoms with Crippen molar-refractivity contribution in [2.45, 2.75) is 13.2 Å². The van der Waals surface area contributed by atoms with Gasteiger partial charge in [0, 0.05) is 18.1 Å². The number of aromatic nitrogens is 4. The van der Waals surface area contributed by atoms with Crippen LogP contribution in [0.4, 0.5) is 0 Å². The van der Waals surface area contributed by atoms with Crippen molar-refractivity contribution >= 4 is 21.7 Å². The lowest BCUT2D eigenvalue weighted by Crippen LogP contribution is -2.31. The summed E-state index contributed by atoms with van der Waals surface area (Å²) in [7, 11) is 1.98. The van der Waals surface area contributed by atoms with E-state index in [1.165, 1.54) is 21.0 Å². The van der Waals surface area contributed by atoms with Gasteiger partial charge < -0.3 is 0 Å². The van der Waals surface area contributed by atoms with Crippen molar-refractivity contribution in [2.24, 2.45) is 0 Å². The molecule has 148 valence electrons. The molecule has 30 heavy (non-hydrogen) atoms. The summed E-state index contributed by atoms with van der Waals surface area (Å²) < 4.78 is 3.18. The third-order valence-electron chi connectivity index (χ3n) is 5.18. The van der Waals surface area contributed by atoms with Crippen molar-refractivity contribution in [3.63, 3.8) is 0 Å². The Morgan fingerprint density at radius 3 is 2.50 bits per heavy atom. The molecule has 3 aromatic carbocycles. The van der Waals surface area contributed by atoms with E-state index >= 15 is 0 Å². The number of nitrogens with zero attached hydrogens (tertiary/aromatic N) is 5. The third-order valence-corrected chi connectivity index (χ3v) is 5.18. The molecule has 0 spiro atoms. The van der Waals surface area contributed by atoms with Gasteiger partial charge in [0.25, 0.3) is 5.56 Å². The van der Waals surface area contributed by atoms with E-state index in [1.54, 1.807) is 10.9 Å². The fourth-order valence-corrected chi connectivity index (χ4v) is 3.70. The van der Waals surface area contributed by atoms with Crippen LogP contribution in [0.2, 0.25) is 0 Å². The largest absolute Gasteiger partial charge is 0.296 e. The third kappa shape index (κ3) is 3.49. The van der Waals surface area contributed by atoms with Crippen molar-refractivity contribution in [1.29, 1.82) is 0 Å². The predicted molar refractivity (Wildman–Crippen MR) is 119 cm³/mol. The van der Waals surface area contributed by atoms with Crippen molar-refractivity contribution in [3.8, 4) is 5.69 Å². The minimum absolute atomic E-state index is 0.187. The van der Waals surface area contributed by atoms with Gasteiger partial charge in [-0.05, 0) is 41.6 Å². The van der Waals surface area contributed by atoms with E-state index in [4.69, 9.17) is 0 Å². The minimum Gasteiger partial charge on any atom is -0.283 e. The molecule has 0 fully saturated rings. The van der Waals surface area contributed by atoms with Gasteiger partial charge in [-0.3, -0.25) is 9.69 Å². The Hall–Kier alpha value is -3.77. The molecule has 6 heteroatoms. The van der Waals surface area contributed by atoms with Crippen molar-refractivity contribution in [1.82, 2.24) is 24.5 Å². The van der Waals surface area contributed by atoms with Crippen LogP contribution in [0.25, 0.3) is 27.4 Å². The monoisotopic (exact) mass is 395 g/mol. The van der Waals surface area contributed by atoms with Gasteiger partial charge in [0.2, 0.25) is 0 Å². The summed E-state index contributed by atoms with van der Waals surface area (Å²) in [5.41, 5.74) is 2.34. The second-order valence-electron chi connectivity index (χ2n) is 7.50. The summed E-state index contributed by atoms with van der Waals surface area (Å²) in [5, 5.41) is 12.0. The normalized spacial score (nSPS) is 11.5. The van der Waals surface area contributed by atoms with Gasteiger partial charge in [0.05, 0.1) is 18.6 Å². The Morgan fingerprint density at radius 2 is 1.67 bits per heavy atom. The first kappa shape index (κ1) is 18.3. The summed E-state index contributed by atoms with van der Waals surface area (Å²) in [6.07, 6.45) is 3.54. The summed E-state index contributed by atoms with van der Waals surface area (Å²) in [5.74, 6) is 0. The molecule has 0 N–H and O–H groups in total. The zero-order valence-corrected chi connectivity index (χ0v) is 16.6. The van der Waals surface area contributed by atoms with Crippen LogP contribution in [-0.4, -0.2) is 31.5 Å². The van der Waals surface area contributed by atoms with Crippen LogP contribution in [0.15, 0.2) is 90.0 Å². The van der Waals surface area contributed by atoms with E-state index in [2.05, 4.69) is 45.4 Å². The highest BCUT2D eigenvalue weighted by Crippen LogP contribution is 2.17. The first-order chi connectivity index (χ1) is 14.7. The van der Waals surface area contributed by atoms with Crippen LogP contribution < -0.4 is 5.56 Å². The Bertz CT molecular complexity index is 1390. The molecule has 0 saturated carbocycles. The lowest BCUT2D eigenvalue weighted by atomic mass is 10.1. The summed E-state index contributed by atoms with van der Waals surface area (Å²) in [6, 6.07) is 24.5. The SMILES string of the molecule is CN(Cc1ccc2ccccc2c1)Cn1ncc2cn(-c3ccccc3)nc2c1=O. The van der Waals surface area contributed by atoms with Gasteiger partial charge in [-0.1, -0.05) is 54.6 Å². The average Bonchev–Trinajstić information content (AvgIpc) is 3.22. The molecule has 0 aliphatic heterocycles. The Balaban J connectivity index is 1.39. The number of hydrogen-bond donors (Lipinski definition) is 0. The molecule has 0 radical (unpaired) electrons. The quantitative estimate of drug-likeness (QED) is 0.454. The number of para-hydroxylation sites is 1. The molecule has 5 aromatic rings. The van der Waals surface area contributed by atoms with Crippen LogP contribution >= 0.6 is 0 Å². The molecule has 0 aliphatic carbocycles. The fraction of sp³-hybridized carbons (Fsp3) is 0.125. The second-order valence-corrected chi connectivity index (χ2v) is 7.50. The maximum absolute atomic E-state index is 12.9. The highest BCUT2D eigenvalue weighted by Gasteiger charge is 2.11. The number of benzene rings is 3. The van der Waals surface area contributed by atoms with Crippen LogP contribution in [0.3, 0.4) is 0 Å². The fourth-order valence-electron chi connectivity index (χ4n) is 3.70. The Kier molecular flexibility index (Phi) is 4.61. The van der Waals surface area contributed by atoms with Crippen LogP contribution in [0.5, 0.6) is 0 Å². The van der Waals surface area contributed by atoms with Gasteiger partial charge in [-0.2, -0.15) is 10.2 Å². The number of fused-ring (bicyclic) bond motifs is 2. The number of hydrogen-bond acceptors (Lipinski definition) is 4. The van der Waals surface area contributed by atoms with Crippen LogP contribution in [-0.2, 0) is 13.2 Å². The summed E-state index contributed by atoms with van der Waals surface area (Å²) in [6.45, 7) is 1.11. The van der Waals surface area contributed by atoms with Crippen molar-refractivity contribution < 1.29 is 0 Å². The molecule has 6 nitrogen and oxygen atoms in total. The molecule has 2 heterocycles. The maximum Gasteiger partial charge on any atom is 0.296 e. The molecular formula is C24H21N5O. The molecule has 2 aromatic heterocycles.